The minimum Gasteiger partial charge on any atom is -0.395 e. The van der Waals surface area contributed by atoms with Crippen LogP contribution in [0.5, 0.6) is 0 Å². The maximum absolute atomic E-state index is 12.6. The Balaban J connectivity index is 2.09. The van der Waals surface area contributed by atoms with Crippen molar-refractivity contribution in [3.05, 3.63) is 34.9 Å². The average molecular weight is 466 g/mol. The van der Waals surface area contributed by atoms with Crippen molar-refractivity contribution in [2.24, 2.45) is 11.5 Å². The first-order valence-corrected chi connectivity index (χ1v) is 10.3. The first-order chi connectivity index (χ1) is 15.6. The standard InChI is InChI=1S/C19H31N9O5/c1-27(18(22)23)7-4-11(20)10-14(30)25-12-2-3-15(28-8-5-13(21)26-19(28)32)33-16(12)17(31)24-6-9-29/h2-3,5,8,11-12,15-16,29H,4,6-7,9-10,20H2,1H3,(H3,22,23)(H,24,31)(H,25,30)(H2,21,26,32)/t11-,12-,15+,16-/m0/s1. The lowest BCUT2D eigenvalue weighted by molar-refractivity contribution is -0.142. The maximum atomic E-state index is 12.6. The zero-order chi connectivity index (χ0) is 24.5. The van der Waals surface area contributed by atoms with E-state index in [1.54, 1.807) is 13.1 Å². The van der Waals surface area contributed by atoms with Gasteiger partial charge in [-0.15, -0.1) is 0 Å². The highest BCUT2D eigenvalue weighted by atomic mass is 16.5. The van der Waals surface area contributed by atoms with E-state index in [9.17, 15) is 14.4 Å². The second-order valence-corrected chi connectivity index (χ2v) is 7.54. The van der Waals surface area contributed by atoms with Crippen LogP contribution in [0.25, 0.3) is 0 Å². The van der Waals surface area contributed by atoms with Crippen molar-refractivity contribution in [3.63, 3.8) is 0 Å². The predicted octanol–water partition coefficient (Wildman–Crippen LogP) is -3.19. The number of nitrogens with two attached hydrogens (primary N) is 3. The molecule has 0 bridgehead atoms. The Morgan fingerprint density at radius 3 is 2.79 bits per heavy atom. The lowest BCUT2D eigenvalue weighted by Crippen LogP contribution is -2.54. The van der Waals surface area contributed by atoms with E-state index in [0.29, 0.717) is 13.0 Å². The summed E-state index contributed by atoms with van der Waals surface area (Å²) >= 11 is 0. The lowest BCUT2D eigenvalue weighted by Gasteiger charge is -2.32. The molecule has 0 radical (unpaired) electrons. The Hall–Kier alpha value is -3.49. The second-order valence-electron chi connectivity index (χ2n) is 7.54. The van der Waals surface area contributed by atoms with E-state index in [1.807, 2.05) is 0 Å². The van der Waals surface area contributed by atoms with E-state index in [-0.39, 0.29) is 31.3 Å². The van der Waals surface area contributed by atoms with E-state index in [2.05, 4.69) is 15.6 Å². The van der Waals surface area contributed by atoms with Gasteiger partial charge in [0.05, 0.1) is 12.6 Å². The SMILES string of the molecule is CN(CC[C@H](N)CC(=O)N[C@H]1C=C[C@H](n2ccc(N)nc2=O)O[C@@H]1C(=O)NCCO)C(=N)N. The largest absolute Gasteiger partial charge is 0.395 e. The van der Waals surface area contributed by atoms with Crippen molar-refractivity contribution in [3.8, 4) is 0 Å². The number of nitrogens with zero attached hydrogens (tertiary/aromatic N) is 3. The molecule has 0 aliphatic carbocycles. The fourth-order valence-electron chi connectivity index (χ4n) is 3.07. The van der Waals surface area contributed by atoms with Gasteiger partial charge in [0.25, 0.3) is 5.91 Å². The topological polar surface area (TPSA) is 228 Å². The number of carbonyl (C=O) groups is 2. The zero-order valence-electron chi connectivity index (χ0n) is 18.3. The Kier molecular flexibility index (Phi) is 9.32. The maximum Gasteiger partial charge on any atom is 0.351 e. The molecule has 10 N–H and O–H groups in total. The number of nitrogen functional groups attached to an aromatic ring is 1. The molecule has 0 saturated heterocycles. The molecule has 2 amide bonds. The highest BCUT2D eigenvalue weighted by molar-refractivity contribution is 5.84. The van der Waals surface area contributed by atoms with Crippen LogP contribution in [0.15, 0.2) is 29.2 Å². The fraction of sp³-hybridized carbons (Fsp3) is 0.526. The molecular formula is C19H31N9O5. The molecule has 4 atom stereocenters. The minimum absolute atomic E-state index is 0.00828. The number of hydrogen-bond donors (Lipinski definition) is 7. The van der Waals surface area contributed by atoms with Crippen LogP contribution in [-0.2, 0) is 14.3 Å². The van der Waals surface area contributed by atoms with Gasteiger partial charge in [0.2, 0.25) is 5.91 Å². The van der Waals surface area contributed by atoms with Gasteiger partial charge in [-0.25, -0.2) is 4.79 Å². The average Bonchev–Trinajstić information content (AvgIpc) is 2.76. The van der Waals surface area contributed by atoms with Crippen LogP contribution < -0.4 is 33.5 Å². The highest BCUT2D eigenvalue weighted by Crippen LogP contribution is 2.21. The monoisotopic (exact) mass is 465 g/mol. The van der Waals surface area contributed by atoms with Crippen molar-refractivity contribution in [2.75, 3.05) is 32.5 Å². The molecule has 0 spiro atoms. The normalized spacial score (nSPS) is 20.6. The van der Waals surface area contributed by atoms with Gasteiger partial charge in [-0.05, 0) is 18.6 Å². The summed E-state index contributed by atoms with van der Waals surface area (Å²) in [7, 11) is 1.65. The molecule has 182 valence electrons. The molecule has 1 aliphatic rings. The Morgan fingerprint density at radius 1 is 1.42 bits per heavy atom. The number of aromatic nitrogens is 2. The van der Waals surface area contributed by atoms with Crippen molar-refractivity contribution in [1.82, 2.24) is 25.1 Å². The van der Waals surface area contributed by atoms with E-state index < -0.39 is 41.9 Å². The Morgan fingerprint density at radius 2 is 2.15 bits per heavy atom. The number of hydrogen-bond acceptors (Lipinski definition) is 9. The van der Waals surface area contributed by atoms with E-state index >= 15 is 0 Å². The number of aliphatic hydroxyl groups is 1. The van der Waals surface area contributed by atoms with Gasteiger partial charge in [0.1, 0.15) is 5.82 Å². The summed E-state index contributed by atoms with van der Waals surface area (Å²) in [6.45, 7) is 0.125. The number of anilines is 1. The van der Waals surface area contributed by atoms with Crippen LogP contribution in [0.4, 0.5) is 5.82 Å². The number of guanidine groups is 1. The third-order valence-corrected chi connectivity index (χ3v) is 4.91. The van der Waals surface area contributed by atoms with Gasteiger partial charge in [-0.1, -0.05) is 6.08 Å². The molecule has 2 heterocycles. The van der Waals surface area contributed by atoms with Gasteiger partial charge in [-0.3, -0.25) is 19.6 Å². The number of aliphatic hydroxyl groups excluding tert-OH is 1. The number of ether oxygens (including phenoxy) is 1. The molecule has 14 nitrogen and oxygen atoms in total. The zero-order valence-corrected chi connectivity index (χ0v) is 18.3. The van der Waals surface area contributed by atoms with Crippen LogP contribution in [0.2, 0.25) is 0 Å². The van der Waals surface area contributed by atoms with E-state index in [0.717, 1.165) is 4.57 Å². The summed E-state index contributed by atoms with van der Waals surface area (Å²) in [6.07, 6.45) is 2.72. The van der Waals surface area contributed by atoms with E-state index in [4.69, 9.17) is 32.5 Å². The molecule has 33 heavy (non-hydrogen) atoms. The number of nitrogens with one attached hydrogen (secondary N) is 3. The van der Waals surface area contributed by atoms with Gasteiger partial charge in [0.15, 0.2) is 18.3 Å². The molecule has 0 aromatic carbocycles. The van der Waals surface area contributed by atoms with Gasteiger partial charge >= 0.3 is 5.69 Å². The first-order valence-electron chi connectivity index (χ1n) is 10.3. The van der Waals surface area contributed by atoms with Crippen molar-refractivity contribution < 1.29 is 19.4 Å². The summed E-state index contributed by atoms with van der Waals surface area (Å²) < 4.78 is 6.94. The van der Waals surface area contributed by atoms with Gasteiger partial charge in [-0.2, -0.15) is 4.98 Å². The van der Waals surface area contributed by atoms with Crippen LogP contribution in [-0.4, -0.2) is 82.3 Å². The van der Waals surface area contributed by atoms with Crippen molar-refractivity contribution in [1.29, 1.82) is 5.41 Å². The third kappa shape index (κ3) is 7.55. The molecular weight excluding hydrogens is 434 g/mol. The van der Waals surface area contributed by atoms with Crippen LogP contribution in [0, 0.1) is 5.41 Å². The molecule has 1 aliphatic heterocycles. The second kappa shape index (κ2) is 11.9. The number of carbonyl (C=O) groups excluding carboxylic acids is 2. The molecule has 0 fully saturated rings. The Bertz CT molecular complexity index is 934. The summed E-state index contributed by atoms with van der Waals surface area (Å²) in [6, 6.07) is 0.0872. The highest BCUT2D eigenvalue weighted by Gasteiger charge is 2.35. The summed E-state index contributed by atoms with van der Waals surface area (Å²) in [5, 5.41) is 21.5. The molecule has 0 unspecified atom stereocenters. The first kappa shape index (κ1) is 25.8. The molecule has 1 aromatic heterocycles. The fourth-order valence-corrected chi connectivity index (χ4v) is 3.07. The summed E-state index contributed by atoms with van der Waals surface area (Å²) in [5.74, 6) is -1.04. The number of rotatable bonds is 10. The van der Waals surface area contributed by atoms with Gasteiger partial charge in [0, 0.05) is 38.8 Å². The lowest BCUT2D eigenvalue weighted by atomic mass is 10.0. The summed E-state index contributed by atoms with van der Waals surface area (Å²) in [4.78, 5) is 42.4. The molecule has 14 heteroatoms. The molecule has 1 aromatic rings. The van der Waals surface area contributed by atoms with Crippen LogP contribution >= 0.6 is 0 Å². The predicted molar refractivity (Wildman–Crippen MR) is 120 cm³/mol. The van der Waals surface area contributed by atoms with Crippen molar-refractivity contribution >= 4 is 23.6 Å². The molecule has 2 rings (SSSR count). The number of amides is 2. The van der Waals surface area contributed by atoms with E-state index in [1.165, 1.54) is 23.2 Å². The Labute approximate surface area is 190 Å². The summed E-state index contributed by atoms with van der Waals surface area (Å²) in [5.41, 5.74) is 16.2. The third-order valence-electron chi connectivity index (χ3n) is 4.91. The van der Waals surface area contributed by atoms with Crippen molar-refractivity contribution in [2.45, 2.75) is 37.3 Å². The molecule has 0 saturated carbocycles. The minimum atomic E-state index is -1.18. The van der Waals surface area contributed by atoms with Crippen LogP contribution in [0.1, 0.15) is 19.1 Å². The van der Waals surface area contributed by atoms with Gasteiger partial charge < -0.3 is 42.6 Å². The van der Waals surface area contributed by atoms with Crippen LogP contribution in [0.3, 0.4) is 0 Å². The smallest absolute Gasteiger partial charge is 0.351 e. The quantitative estimate of drug-likeness (QED) is 0.104.